The Labute approximate surface area is 115 Å². The topological polar surface area (TPSA) is 28.2 Å². The number of pyridine rings is 1. The Balaban J connectivity index is 2.16. The first-order chi connectivity index (χ1) is 8.61. The molecule has 18 heavy (non-hydrogen) atoms. The van der Waals surface area contributed by atoms with Gasteiger partial charge in [0.2, 0.25) is 0 Å². The van der Waals surface area contributed by atoms with Gasteiger partial charge in [-0.05, 0) is 38.8 Å². The number of rotatable bonds is 3. The predicted molar refractivity (Wildman–Crippen MR) is 77.1 cm³/mol. The fraction of sp³-hybridized carbons (Fsp3) is 0.643. The number of hydrogen-bond donors (Lipinski definition) is 1. The third kappa shape index (κ3) is 2.96. The largest absolute Gasteiger partial charge is 0.373 e. The Bertz CT molecular complexity index is 398. The second-order valence-electron chi connectivity index (χ2n) is 5.18. The smallest absolute Gasteiger partial charge is 0.126 e. The Morgan fingerprint density at radius 2 is 2.00 bits per heavy atom. The molecule has 0 spiro atoms. The van der Waals surface area contributed by atoms with Crippen LogP contribution in [0.1, 0.15) is 38.8 Å². The molecule has 2 atom stereocenters. The van der Waals surface area contributed by atoms with Gasteiger partial charge in [0, 0.05) is 25.7 Å². The van der Waals surface area contributed by atoms with Gasteiger partial charge in [0.15, 0.2) is 0 Å². The average Bonchev–Trinajstić information content (AvgIpc) is 2.36. The van der Waals surface area contributed by atoms with Crippen LogP contribution in [0.5, 0.6) is 0 Å². The van der Waals surface area contributed by atoms with Crippen molar-refractivity contribution in [2.24, 2.45) is 0 Å². The molecule has 0 unspecified atom stereocenters. The summed E-state index contributed by atoms with van der Waals surface area (Å²) in [7, 11) is 1.88. The van der Waals surface area contributed by atoms with E-state index in [1.54, 1.807) is 0 Å². The summed E-state index contributed by atoms with van der Waals surface area (Å²) in [5.41, 5.74) is 0.976. The van der Waals surface area contributed by atoms with E-state index in [0.29, 0.717) is 12.1 Å². The van der Waals surface area contributed by atoms with Crippen LogP contribution >= 0.6 is 11.6 Å². The van der Waals surface area contributed by atoms with Crippen LogP contribution in [0.15, 0.2) is 12.1 Å². The van der Waals surface area contributed by atoms with Gasteiger partial charge < -0.3 is 5.32 Å². The minimum Gasteiger partial charge on any atom is -0.373 e. The third-order valence-electron chi connectivity index (χ3n) is 3.88. The maximum Gasteiger partial charge on any atom is 0.126 e. The van der Waals surface area contributed by atoms with Crippen LogP contribution in [0.2, 0.25) is 5.02 Å². The van der Waals surface area contributed by atoms with Crippen molar-refractivity contribution >= 4 is 17.4 Å². The van der Waals surface area contributed by atoms with Crippen molar-refractivity contribution < 1.29 is 0 Å². The molecule has 0 amide bonds. The van der Waals surface area contributed by atoms with Gasteiger partial charge >= 0.3 is 0 Å². The Kier molecular flexibility index (Phi) is 4.46. The number of halogens is 1. The van der Waals surface area contributed by atoms with Crippen molar-refractivity contribution in [3.63, 3.8) is 0 Å². The normalized spacial score (nSPS) is 25.1. The molecule has 100 valence electrons. The quantitative estimate of drug-likeness (QED) is 0.908. The molecule has 3 nitrogen and oxygen atoms in total. The molecule has 0 bridgehead atoms. The van der Waals surface area contributed by atoms with Gasteiger partial charge in [0.25, 0.3) is 0 Å². The van der Waals surface area contributed by atoms with E-state index in [2.05, 4.69) is 29.0 Å². The maximum absolute atomic E-state index is 6.25. The predicted octanol–water partition coefficient (Wildman–Crippen LogP) is 3.54. The second kappa shape index (κ2) is 5.89. The van der Waals surface area contributed by atoms with E-state index in [0.717, 1.165) is 23.1 Å². The van der Waals surface area contributed by atoms with E-state index >= 15 is 0 Å². The van der Waals surface area contributed by atoms with Gasteiger partial charge in [0.05, 0.1) is 10.7 Å². The molecule has 2 rings (SSSR count). The molecule has 1 aromatic rings. The van der Waals surface area contributed by atoms with Crippen molar-refractivity contribution in [3.8, 4) is 0 Å². The first kappa shape index (κ1) is 13.6. The zero-order valence-corrected chi connectivity index (χ0v) is 12.2. The molecular formula is C14H22ClN3. The van der Waals surface area contributed by atoms with Crippen molar-refractivity contribution in [3.05, 3.63) is 22.8 Å². The summed E-state index contributed by atoms with van der Waals surface area (Å²) >= 11 is 6.25. The SMILES string of the molecule is CNc1ccc(Cl)c(CN2[C@H](C)CCC[C@@H]2C)n1. The van der Waals surface area contributed by atoms with Crippen molar-refractivity contribution in [2.75, 3.05) is 12.4 Å². The lowest BCUT2D eigenvalue weighted by Crippen LogP contribution is -2.43. The zero-order chi connectivity index (χ0) is 13.1. The van der Waals surface area contributed by atoms with Crippen LogP contribution in [0, 0.1) is 0 Å². The van der Waals surface area contributed by atoms with Gasteiger partial charge in [-0.2, -0.15) is 0 Å². The average molecular weight is 268 g/mol. The number of anilines is 1. The van der Waals surface area contributed by atoms with Gasteiger partial charge in [-0.25, -0.2) is 4.98 Å². The van der Waals surface area contributed by atoms with Crippen LogP contribution < -0.4 is 5.32 Å². The molecule has 1 N–H and O–H groups in total. The highest BCUT2D eigenvalue weighted by molar-refractivity contribution is 6.31. The van der Waals surface area contributed by atoms with Crippen LogP contribution in [-0.4, -0.2) is 29.0 Å². The summed E-state index contributed by atoms with van der Waals surface area (Å²) in [5, 5.41) is 3.83. The molecule has 0 aromatic carbocycles. The highest BCUT2D eigenvalue weighted by Crippen LogP contribution is 2.26. The molecule has 0 saturated carbocycles. The summed E-state index contributed by atoms with van der Waals surface area (Å²) in [4.78, 5) is 7.08. The fourth-order valence-corrected chi connectivity index (χ4v) is 2.86. The molecule has 0 aliphatic carbocycles. The first-order valence-electron chi connectivity index (χ1n) is 6.70. The number of piperidine rings is 1. The number of aromatic nitrogens is 1. The molecule has 4 heteroatoms. The van der Waals surface area contributed by atoms with Gasteiger partial charge in [-0.3, -0.25) is 4.90 Å². The van der Waals surface area contributed by atoms with Crippen LogP contribution in [-0.2, 0) is 6.54 Å². The Morgan fingerprint density at radius 1 is 1.33 bits per heavy atom. The zero-order valence-electron chi connectivity index (χ0n) is 11.4. The summed E-state index contributed by atoms with van der Waals surface area (Å²) in [6.45, 7) is 5.44. The van der Waals surface area contributed by atoms with Crippen molar-refractivity contribution in [1.29, 1.82) is 0 Å². The Morgan fingerprint density at radius 3 is 2.61 bits per heavy atom. The molecule has 2 heterocycles. The minimum atomic E-state index is 0.616. The lowest BCUT2D eigenvalue weighted by molar-refractivity contribution is 0.0939. The first-order valence-corrected chi connectivity index (χ1v) is 7.08. The summed E-state index contributed by atoms with van der Waals surface area (Å²) in [5.74, 6) is 0.881. The highest BCUT2D eigenvalue weighted by atomic mass is 35.5. The third-order valence-corrected chi connectivity index (χ3v) is 4.23. The molecule has 1 fully saturated rings. The number of hydrogen-bond acceptors (Lipinski definition) is 3. The van der Waals surface area contributed by atoms with E-state index in [4.69, 9.17) is 11.6 Å². The van der Waals surface area contributed by atoms with E-state index < -0.39 is 0 Å². The standard InChI is InChI=1S/C14H22ClN3/c1-10-5-4-6-11(2)18(10)9-13-12(15)7-8-14(16-3)17-13/h7-8,10-11H,4-6,9H2,1-3H3,(H,16,17)/t10-,11+. The maximum atomic E-state index is 6.25. The van der Waals surface area contributed by atoms with Crippen molar-refractivity contribution in [1.82, 2.24) is 9.88 Å². The molecule has 1 saturated heterocycles. The van der Waals surface area contributed by atoms with Gasteiger partial charge in [-0.15, -0.1) is 0 Å². The molecular weight excluding hydrogens is 246 g/mol. The second-order valence-corrected chi connectivity index (χ2v) is 5.58. The summed E-state index contributed by atoms with van der Waals surface area (Å²) < 4.78 is 0. The number of nitrogens with one attached hydrogen (secondary N) is 1. The lowest BCUT2D eigenvalue weighted by atomic mass is 9.97. The van der Waals surface area contributed by atoms with E-state index in [-0.39, 0.29) is 0 Å². The van der Waals surface area contributed by atoms with Crippen LogP contribution in [0.25, 0.3) is 0 Å². The summed E-state index contributed by atoms with van der Waals surface area (Å²) in [6, 6.07) is 5.07. The lowest BCUT2D eigenvalue weighted by Gasteiger charge is -2.38. The molecule has 0 radical (unpaired) electrons. The fourth-order valence-electron chi connectivity index (χ4n) is 2.69. The van der Waals surface area contributed by atoms with Crippen LogP contribution in [0.4, 0.5) is 5.82 Å². The number of likely N-dealkylation sites (tertiary alicyclic amines) is 1. The van der Waals surface area contributed by atoms with E-state index in [1.807, 2.05) is 19.2 Å². The van der Waals surface area contributed by atoms with Gasteiger partial charge in [0.1, 0.15) is 5.82 Å². The molecule has 1 aliphatic rings. The van der Waals surface area contributed by atoms with Crippen molar-refractivity contribution in [2.45, 2.75) is 51.7 Å². The number of nitrogens with zero attached hydrogens (tertiary/aromatic N) is 2. The highest BCUT2D eigenvalue weighted by Gasteiger charge is 2.25. The molecule has 1 aromatic heterocycles. The van der Waals surface area contributed by atoms with Crippen LogP contribution in [0.3, 0.4) is 0 Å². The Hall–Kier alpha value is -0.800. The monoisotopic (exact) mass is 267 g/mol. The van der Waals surface area contributed by atoms with Gasteiger partial charge in [-0.1, -0.05) is 18.0 Å². The van der Waals surface area contributed by atoms with E-state index in [1.165, 1.54) is 19.3 Å². The van der Waals surface area contributed by atoms with E-state index in [9.17, 15) is 0 Å². The molecule has 1 aliphatic heterocycles. The minimum absolute atomic E-state index is 0.616. The summed E-state index contributed by atoms with van der Waals surface area (Å²) in [6.07, 6.45) is 3.87.